The molecule has 0 aromatic heterocycles. The number of ether oxygens (including phenoxy) is 3. The Kier molecular flexibility index (Phi) is 11.7. The molecular formula is C34H49N3O5. The van der Waals surface area contributed by atoms with E-state index < -0.39 is 0 Å². The maximum absolute atomic E-state index is 13.8. The second-order valence-corrected chi connectivity index (χ2v) is 12.1. The average Bonchev–Trinajstić information content (AvgIpc) is 3.74. The van der Waals surface area contributed by atoms with Crippen LogP contribution >= 0.6 is 0 Å². The second-order valence-electron chi connectivity index (χ2n) is 12.1. The van der Waals surface area contributed by atoms with Crippen molar-refractivity contribution in [3.63, 3.8) is 0 Å². The molecule has 8 nitrogen and oxygen atoms in total. The number of benzene rings is 2. The molecule has 1 aliphatic heterocycles. The van der Waals surface area contributed by atoms with Crippen LogP contribution in [0.4, 0.5) is 0 Å². The van der Waals surface area contributed by atoms with Gasteiger partial charge in [0.2, 0.25) is 5.91 Å². The van der Waals surface area contributed by atoms with E-state index in [2.05, 4.69) is 43.1 Å². The van der Waals surface area contributed by atoms with E-state index >= 15 is 0 Å². The lowest BCUT2D eigenvalue weighted by Crippen LogP contribution is -2.45. The van der Waals surface area contributed by atoms with Crippen molar-refractivity contribution >= 4 is 11.8 Å². The fraction of sp³-hybridized carbons (Fsp3) is 0.588. The molecule has 1 N–H and O–H groups in total. The summed E-state index contributed by atoms with van der Waals surface area (Å²) in [5.74, 6) is 2.13. The zero-order chi connectivity index (χ0) is 30.1. The molecule has 3 atom stereocenters. The molecule has 4 rings (SSSR count). The van der Waals surface area contributed by atoms with Gasteiger partial charge in [-0.15, -0.1) is 0 Å². The Bertz CT molecular complexity index is 1150. The van der Waals surface area contributed by atoms with Crippen LogP contribution in [-0.2, 0) is 9.53 Å². The molecule has 1 saturated heterocycles. The maximum atomic E-state index is 13.8. The van der Waals surface area contributed by atoms with Gasteiger partial charge in [-0.05, 0) is 68.2 Å². The summed E-state index contributed by atoms with van der Waals surface area (Å²) in [7, 11) is 3.27. The highest BCUT2D eigenvalue weighted by Crippen LogP contribution is 2.33. The third kappa shape index (κ3) is 8.48. The summed E-state index contributed by atoms with van der Waals surface area (Å²) < 4.78 is 16.5. The normalized spacial score (nSPS) is 19.0. The highest BCUT2D eigenvalue weighted by atomic mass is 16.5. The Morgan fingerprint density at radius 1 is 0.929 bits per heavy atom. The molecule has 42 heavy (non-hydrogen) atoms. The minimum absolute atomic E-state index is 0.0214. The van der Waals surface area contributed by atoms with Crippen LogP contribution in [0.5, 0.6) is 11.5 Å². The van der Waals surface area contributed by atoms with Gasteiger partial charge in [0.05, 0.1) is 13.7 Å². The molecule has 1 aliphatic carbocycles. The molecule has 2 aromatic carbocycles. The lowest BCUT2D eigenvalue weighted by atomic mass is 9.93. The molecule has 0 bridgehead atoms. The van der Waals surface area contributed by atoms with E-state index in [9.17, 15) is 9.59 Å². The first kappa shape index (κ1) is 31.8. The van der Waals surface area contributed by atoms with Crippen molar-refractivity contribution in [2.24, 2.45) is 11.8 Å². The van der Waals surface area contributed by atoms with Crippen LogP contribution in [0.15, 0.2) is 48.5 Å². The quantitative estimate of drug-likeness (QED) is 0.283. The Balaban J connectivity index is 1.42. The van der Waals surface area contributed by atoms with E-state index in [1.165, 1.54) is 5.56 Å². The van der Waals surface area contributed by atoms with E-state index in [4.69, 9.17) is 14.2 Å². The average molecular weight is 580 g/mol. The number of methoxy groups -OCH3 is 2. The van der Waals surface area contributed by atoms with Gasteiger partial charge in [-0.25, -0.2) is 0 Å². The molecule has 2 aliphatic rings. The SMILES string of the molecule is COCCCOc1cc(C(=O)N(C[C@@H]2CNC[C@H]2CN(C(=O)CC(C)c2ccccc2)C2CC2)C(C)C)ccc1OC. The maximum Gasteiger partial charge on any atom is 0.254 e. The fourth-order valence-electron chi connectivity index (χ4n) is 5.84. The van der Waals surface area contributed by atoms with Gasteiger partial charge in [-0.1, -0.05) is 37.3 Å². The molecule has 1 unspecified atom stereocenters. The number of carbonyl (C=O) groups is 2. The van der Waals surface area contributed by atoms with Crippen molar-refractivity contribution < 1.29 is 23.8 Å². The lowest BCUT2D eigenvalue weighted by Gasteiger charge is -2.34. The minimum Gasteiger partial charge on any atom is -0.493 e. The molecule has 2 fully saturated rings. The molecule has 0 spiro atoms. The number of rotatable bonds is 16. The van der Waals surface area contributed by atoms with Gasteiger partial charge in [-0.3, -0.25) is 9.59 Å². The van der Waals surface area contributed by atoms with Crippen molar-refractivity contribution in [1.82, 2.24) is 15.1 Å². The Hall–Kier alpha value is -3.10. The van der Waals surface area contributed by atoms with Crippen molar-refractivity contribution in [3.05, 3.63) is 59.7 Å². The highest BCUT2D eigenvalue weighted by molar-refractivity contribution is 5.95. The number of hydrogen-bond acceptors (Lipinski definition) is 6. The smallest absolute Gasteiger partial charge is 0.254 e. The molecule has 8 heteroatoms. The highest BCUT2D eigenvalue weighted by Gasteiger charge is 2.38. The molecule has 1 saturated carbocycles. The van der Waals surface area contributed by atoms with Crippen LogP contribution in [0.3, 0.4) is 0 Å². The summed E-state index contributed by atoms with van der Waals surface area (Å²) >= 11 is 0. The number of hydrogen-bond donors (Lipinski definition) is 1. The molecule has 1 heterocycles. The number of amides is 2. The van der Waals surface area contributed by atoms with Crippen molar-refractivity contribution in [3.8, 4) is 11.5 Å². The first-order valence-corrected chi connectivity index (χ1v) is 15.5. The number of carbonyl (C=O) groups excluding carboxylic acids is 2. The number of nitrogens with one attached hydrogen (secondary N) is 1. The summed E-state index contributed by atoms with van der Waals surface area (Å²) in [6.45, 7) is 10.4. The second kappa shape index (κ2) is 15.4. The van der Waals surface area contributed by atoms with Gasteiger partial charge in [0.25, 0.3) is 5.91 Å². The van der Waals surface area contributed by atoms with Crippen molar-refractivity contribution in [1.29, 1.82) is 0 Å². The predicted octanol–water partition coefficient (Wildman–Crippen LogP) is 4.98. The van der Waals surface area contributed by atoms with E-state index in [1.54, 1.807) is 26.4 Å². The summed E-state index contributed by atoms with van der Waals surface area (Å²) in [5.41, 5.74) is 1.79. The predicted molar refractivity (Wildman–Crippen MR) is 165 cm³/mol. The summed E-state index contributed by atoms with van der Waals surface area (Å²) in [6, 6.07) is 16.1. The Labute approximate surface area is 251 Å². The molecular weight excluding hydrogens is 530 g/mol. The van der Waals surface area contributed by atoms with E-state index in [1.807, 2.05) is 29.2 Å². The van der Waals surface area contributed by atoms with Gasteiger partial charge in [0, 0.05) is 70.4 Å². The van der Waals surface area contributed by atoms with Crippen molar-refractivity contribution in [2.75, 3.05) is 53.6 Å². The zero-order valence-electron chi connectivity index (χ0n) is 26.0. The summed E-state index contributed by atoms with van der Waals surface area (Å²) in [5, 5.41) is 3.55. The van der Waals surface area contributed by atoms with E-state index in [0.717, 1.165) is 38.9 Å². The molecule has 2 amide bonds. The van der Waals surface area contributed by atoms with E-state index in [-0.39, 0.29) is 29.7 Å². The standard InChI is InChI=1S/C34H49N3O5/c1-24(2)36(34(39)27-12-15-31(41-5)32(19-27)42-17-9-16-40-4)22-28-20-35-21-29(28)23-37(30-13-14-30)33(38)18-25(3)26-10-7-6-8-11-26/h6-8,10-12,15,19,24-25,28-30,35H,9,13-14,16-18,20-23H2,1-5H3/t25?,28-,29-/m0/s1. The monoisotopic (exact) mass is 579 g/mol. The zero-order valence-corrected chi connectivity index (χ0v) is 26.0. The molecule has 2 aromatic rings. The van der Waals surface area contributed by atoms with Gasteiger partial charge in [-0.2, -0.15) is 0 Å². The van der Waals surface area contributed by atoms with Gasteiger partial charge in [0.1, 0.15) is 0 Å². The van der Waals surface area contributed by atoms with Crippen LogP contribution in [0.25, 0.3) is 0 Å². The van der Waals surface area contributed by atoms with Crippen molar-refractivity contribution in [2.45, 2.75) is 64.5 Å². The van der Waals surface area contributed by atoms with Crippen LogP contribution in [0, 0.1) is 11.8 Å². The number of nitrogens with zero attached hydrogens (tertiary/aromatic N) is 2. The topological polar surface area (TPSA) is 80.3 Å². The molecule has 0 radical (unpaired) electrons. The largest absolute Gasteiger partial charge is 0.493 e. The Morgan fingerprint density at radius 3 is 2.29 bits per heavy atom. The summed E-state index contributed by atoms with van der Waals surface area (Å²) in [6.07, 6.45) is 3.44. The third-order valence-corrected chi connectivity index (χ3v) is 8.54. The fourth-order valence-corrected chi connectivity index (χ4v) is 5.84. The lowest BCUT2D eigenvalue weighted by molar-refractivity contribution is -0.133. The summed E-state index contributed by atoms with van der Waals surface area (Å²) in [4.78, 5) is 31.5. The third-order valence-electron chi connectivity index (χ3n) is 8.54. The van der Waals surface area contributed by atoms with E-state index in [0.29, 0.717) is 55.2 Å². The van der Waals surface area contributed by atoms with Crippen LogP contribution in [-0.4, -0.2) is 87.3 Å². The first-order valence-electron chi connectivity index (χ1n) is 15.5. The van der Waals surface area contributed by atoms with Crippen LogP contribution in [0.1, 0.15) is 68.3 Å². The molecule has 230 valence electrons. The van der Waals surface area contributed by atoms with Gasteiger partial charge in [0.15, 0.2) is 11.5 Å². The van der Waals surface area contributed by atoms with Crippen LogP contribution < -0.4 is 14.8 Å². The van der Waals surface area contributed by atoms with Gasteiger partial charge >= 0.3 is 0 Å². The minimum atomic E-state index is -0.0214. The Morgan fingerprint density at radius 2 is 1.64 bits per heavy atom. The van der Waals surface area contributed by atoms with Gasteiger partial charge < -0.3 is 29.3 Å². The first-order chi connectivity index (χ1) is 20.3. The van der Waals surface area contributed by atoms with Crippen LogP contribution in [0.2, 0.25) is 0 Å².